The molecule has 8 heteroatoms. The van der Waals surface area contributed by atoms with Crippen molar-refractivity contribution >= 4 is 11.4 Å². The van der Waals surface area contributed by atoms with Crippen molar-refractivity contribution in [2.24, 2.45) is 0 Å². The van der Waals surface area contributed by atoms with E-state index in [2.05, 4.69) is 27.8 Å². The lowest BCUT2D eigenvalue weighted by Crippen LogP contribution is -2.43. The van der Waals surface area contributed by atoms with E-state index < -0.39 is 0 Å². The Bertz CT molecular complexity index is 808. The maximum Gasteiger partial charge on any atom is 0.207 e. The van der Waals surface area contributed by atoms with Gasteiger partial charge in [0.25, 0.3) is 0 Å². The van der Waals surface area contributed by atoms with E-state index in [-0.39, 0.29) is 6.61 Å². The number of nitrogens with one attached hydrogen (secondary N) is 2. The van der Waals surface area contributed by atoms with Crippen LogP contribution in [0.4, 0.5) is 5.69 Å². The van der Waals surface area contributed by atoms with Gasteiger partial charge in [0.05, 0.1) is 26.0 Å². The number of hydrogen-bond donors (Lipinski definition) is 4. The lowest BCUT2D eigenvalue weighted by Gasteiger charge is -2.33. The lowest BCUT2D eigenvalue weighted by atomic mass is 9.97. The van der Waals surface area contributed by atoms with Gasteiger partial charge in [-0.1, -0.05) is 6.07 Å². The molecule has 164 valence electrons. The van der Waals surface area contributed by atoms with Gasteiger partial charge in [-0.3, -0.25) is 10.1 Å². The molecule has 0 amide bonds. The predicted molar refractivity (Wildman–Crippen MR) is 114 cm³/mol. The molecule has 30 heavy (non-hydrogen) atoms. The van der Waals surface area contributed by atoms with E-state index >= 15 is 0 Å². The fraction of sp³-hybridized carbons (Fsp3) is 0.545. The summed E-state index contributed by atoms with van der Waals surface area (Å²) in [6, 6.07) is 6.59. The third-order valence-corrected chi connectivity index (χ3v) is 5.90. The van der Waals surface area contributed by atoms with Gasteiger partial charge in [0, 0.05) is 43.1 Å². The standard InChI is InChI=1S/C22H32N4O4/c1-29-21-13-16-4-3-11-30-15-17-12-18(6-7-20(17)22(16)26(28)24-21)23-19-5-2-8-25(14-19)9-10-27/h6-7,12-13,19,23-24,27-28H,2-5,8-11,14-15H2,1H3/t19-/m1/s1. The summed E-state index contributed by atoms with van der Waals surface area (Å²) in [4.78, 5) is 2.30. The zero-order valence-corrected chi connectivity index (χ0v) is 17.6. The summed E-state index contributed by atoms with van der Waals surface area (Å²) in [5.41, 5.74) is 7.66. The van der Waals surface area contributed by atoms with Gasteiger partial charge in [0.15, 0.2) is 0 Å². The largest absolute Gasteiger partial charge is 0.481 e. The van der Waals surface area contributed by atoms with Crippen molar-refractivity contribution < 1.29 is 19.8 Å². The number of benzene rings is 1. The molecule has 1 atom stereocenters. The Morgan fingerprint density at radius 1 is 1.33 bits per heavy atom. The van der Waals surface area contributed by atoms with Crippen molar-refractivity contribution in [3.63, 3.8) is 0 Å². The Morgan fingerprint density at radius 2 is 2.23 bits per heavy atom. The summed E-state index contributed by atoms with van der Waals surface area (Å²) < 4.78 is 11.2. The highest BCUT2D eigenvalue weighted by Gasteiger charge is 2.25. The van der Waals surface area contributed by atoms with Gasteiger partial charge in [0.1, 0.15) is 0 Å². The highest BCUT2D eigenvalue weighted by Crippen LogP contribution is 2.34. The second kappa shape index (κ2) is 9.70. The number of methoxy groups -OCH3 is 1. The number of hydrogen-bond acceptors (Lipinski definition) is 8. The van der Waals surface area contributed by atoms with Crippen LogP contribution in [0.5, 0.6) is 0 Å². The van der Waals surface area contributed by atoms with Crippen molar-refractivity contribution in [2.45, 2.75) is 38.3 Å². The number of aliphatic hydroxyl groups is 1. The predicted octanol–water partition coefficient (Wildman–Crippen LogP) is 2.27. The fourth-order valence-electron chi connectivity index (χ4n) is 4.47. The zero-order valence-electron chi connectivity index (χ0n) is 17.6. The number of hydrazine groups is 1. The molecule has 0 spiro atoms. The van der Waals surface area contributed by atoms with Crippen LogP contribution in [0.3, 0.4) is 0 Å². The fourth-order valence-corrected chi connectivity index (χ4v) is 4.47. The van der Waals surface area contributed by atoms with Gasteiger partial charge in [-0.15, -0.1) is 0 Å². The first-order chi connectivity index (χ1) is 14.7. The van der Waals surface area contributed by atoms with Crippen LogP contribution in [0.25, 0.3) is 5.70 Å². The van der Waals surface area contributed by atoms with Gasteiger partial charge < -0.3 is 19.9 Å². The highest BCUT2D eigenvalue weighted by molar-refractivity contribution is 5.73. The zero-order chi connectivity index (χ0) is 20.9. The molecule has 0 aromatic heterocycles. The van der Waals surface area contributed by atoms with Crippen molar-refractivity contribution in [1.29, 1.82) is 0 Å². The van der Waals surface area contributed by atoms with E-state index in [1.165, 1.54) is 0 Å². The average Bonchev–Trinajstić information content (AvgIpc) is 2.83. The van der Waals surface area contributed by atoms with Crippen LogP contribution >= 0.6 is 0 Å². The summed E-state index contributed by atoms with van der Waals surface area (Å²) in [6.07, 6.45) is 5.86. The first-order valence-corrected chi connectivity index (χ1v) is 10.7. The number of anilines is 1. The molecule has 8 nitrogen and oxygen atoms in total. The number of likely N-dealkylation sites (tertiary alicyclic amines) is 1. The average molecular weight is 417 g/mol. The number of rotatable bonds is 5. The quantitative estimate of drug-likeness (QED) is 0.581. The molecule has 4 rings (SSSR count). The molecular formula is C22H32N4O4. The summed E-state index contributed by atoms with van der Waals surface area (Å²) in [7, 11) is 1.58. The van der Waals surface area contributed by atoms with Crippen LogP contribution in [-0.2, 0) is 16.1 Å². The lowest BCUT2D eigenvalue weighted by molar-refractivity contribution is -0.0814. The third kappa shape index (κ3) is 4.73. The molecular weight excluding hydrogens is 384 g/mol. The minimum absolute atomic E-state index is 0.200. The highest BCUT2D eigenvalue weighted by atomic mass is 16.6. The number of hydroxylamine groups is 1. The van der Waals surface area contributed by atoms with Crippen LogP contribution in [0.1, 0.15) is 36.8 Å². The summed E-state index contributed by atoms with van der Waals surface area (Å²) in [6.45, 7) is 4.07. The molecule has 3 aliphatic rings. The molecule has 1 fully saturated rings. The molecule has 3 aliphatic heterocycles. The third-order valence-electron chi connectivity index (χ3n) is 5.90. The monoisotopic (exact) mass is 416 g/mol. The van der Waals surface area contributed by atoms with Crippen LogP contribution in [0.2, 0.25) is 0 Å². The Morgan fingerprint density at radius 3 is 3.07 bits per heavy atom. The molecule has 0 radical (unpaired) electrons. The van der Waals surface area contributed by atoms with Gasteiger partial charge in [-0.05, 0) is 55.5 Å². The number of ether oxygens (including phenoxy) is 2. The minimum Gasteiger partial charge on any atom is -0.481 e. The smallest absolute Gasteiger partial charge is 0.207 e. The molecule has 3 heterocycles. The maximum absolute atomic E-state index is 10.6. The van der Waals surface area contributed by atoms with Crippen LogP contribution < -0.4 is 10.7 Å². The molecule has 1 aromatic carbocycles. The molecule has 1 aromatic rings. The van der Waals surface area contributed by atoms with Gasteiger partial charge >= 0.3 is 0 Å². The van der Waals surface area contributed by atoms with Gasteiger partial charge in [-0.2, -0.15) is 5.17 Å². The normalized spacial score (nSPS) is 22.7. The van der Waals surface area contributed by atoms with E-state index in [0.717, 1.165) is 78.6 Å². The Labute approximate surface area is 177 Å². The summed E-state index contributed by atoms with van der Waals surface area (Å²) >= 11 is 0. The number of nitrogens with zero attached hydrogens (tertiary/aromatic N) is 2. The van der Waals surface area contributed by atoms with Crippen LogP contribution in [-0.4, -0.2) is 66.4 Å². The van der Waals surface area contributed by atoms with Gasteiger partial charge in [-0.25, -0.2) is 5.43 Å². The summed E-state index contributed by atoms with van der Waals surface area (Å²) in [5, 5.41) is 24.6. The molecule has 4 N–H and O–H groups in total. The van der Waals surface area contributed by atoms with Crippen molar-refractivity contribution in [1.82, 2.24) is 15.5 Å². The second-order valence-corrected chi connectivity index (χ2v) is 8.05. The molecule has 0 unspecified atom stereocenters. The Balaban J connectivity index is 1.60. The SMILES string of the molecule is COC1=CC2=C(c3ccc(N[C@@H]4CCCN(CCO)C4)cc3COCCC2)N(O)N1. The van der Waals surface area contributed by atoms with Gasteiger partial charge in [0.2, 0.25) is 5.88 Å². The topological polar surface area (TPSA) is 89.5 Å². The Kier molecular flexibility index (Phi) is 6.79. The number of β-amino-alcohol motifs (C(OH)–C–C–N with tert-alkyl or cyclic N) is 1. The first kappa shape index (κ1) is 21.0. The Hall–Kier alpha value is -2.26. The van der Waals surface area contributed by atoms with Crippen molar-refractivity contribution in [3.05, 3.63) is 46.9 Å². The number of piperidine rings is 1. The maximum atomic E-state index is 10.6. The number of aliphatic hydroxyl groups excluding tert-OH is 1. The van der Waals surface area contributed by atoms with E-state index in [1.54, 1.807) is 7.11 Å². The molecule has 0 saturated carbocycles. The number of allylic oxidation sites excluding steroid dienone is 2. The van der Waals surface area contributed by atoms with Crippen LogP contribution in [0.15, 0.2) is 35.7 Å². The van der Waals surface area contributed by atoms with E-state index in [1.807, 2.05) is 12.1 Å². The van der Waals surface area contributed by atoms with Crippen molar-refractivity contribution in [2.75, 3.05) is 45.3 Å². The molecule has 0 aliphatic carbocycles. The molecule has 1 saturated heterocycles. The second-order valence-electron chi connectivity index (χ2n) is 8.05. The van der Waals surface area contributed by atoms with E-state index in [9.17, 15) is 10.3 Å². The van der Waals surface area contributed by atoms with Crippen molar-refractivity contribution in [3.8, 4) is 0 Å². The van der Waals surface area contributed by atoms with E-state index in [4.69, 9.17) is 9.47 Å². The minimum atomic E-state index is 0.200. The molecule has 0 bridgehead atoms. The number of fused-ring (bicyclic) bond motifs is 2. The summed E-state index contributed by atoms with van der Waals surface area (Å²) in [5.74, 6) is 0.515. The van der Waals surface area contributed by atoms with E-state index in [0.29, 0.717) is 25.1 Å². The van der Waals surface area contributed by atoms with Crippen LogP contribution in [0, 0.1) is 0 Å². The first-order valence-electron chi connectivity index (χ1n) is 10.7.